The lowest BCUT2D eigenvalue weighted by Crippen LogP contribution is -2.64. The molecule has 0 unspecified atom stereocenters. The number of carbonyl (C=O) groups is 2. The fourth-order valence-corrected chi connectivity index (χ4v) is 9.47. The van der Waals surface area contributed by atoms with E-state index in [0.29, 0.717) is 25.3 Å². The van der Waals surface area contributed by atoms with Crippen LogP contribution in [0.5, 0.6) is 0 Å². The van der Waals surface area contributed by atoms with Crippen LogP contribution in [0.15, 0.2) is 42.0 Å². The topological polar surface area (TPSA) is 83.1 Å². The van der Waals surface area contributed by atoms with Gasteiger partial charge < -0.3 is 24.0 Å². The Balaban J connectivity index is 1.50. The number of esters is 2. The molecule has 7 nitrogen and oxygen atoms in total. The van der Waals surface area contributed by atoms with Gasteiger partial charge in [-0.15, -0.1) is 0 Å². The Morgan fingerprint density at radius 3 is 2.43 bits per heavy atom. The Kier molecular flexibility index (Phi) is 8.25. The van der Waals surface area contributed by atoms with Gasteiger partial charge in [0.05, 0.1) is 17.3 Å². The van der Waals surface area contributed by atoms with Crippen LogP contribution in [0.25, 0.3) is 0 Å². The molecule has 2 heterocycles. The lowest BCUT2D eigenvalue weighted by molar-refractivity contribution is -0.209. The molecule has 232 valence electrons. The number of carbonyl (C=O) groups excluding carboxylic acids is 2. The second-order valence-electron chi connectivity index (χ2n) is 15.2. The zero-order chi connectivity index (χ0) is 30.6. The van der Waals surface area contributed by atoms with E-state index in [1.165, 1.54) is 6.92 Å². The van der Waals surface area contributed by atoms with Gasteiger partial charge in [-0.2, -0.15) is 0 Å². The number of ether oxygens (including phenoxy) is 3. The third-order valence-corrected chi connectivity index (χ3v) is 16.2. The van der Waals surface area contributed by atoms with Gasteiger partial charge in [-0.3, -0.25) is 4.79 Å². The molecule has 0 amide bonds. The molecule has 2 aliphatic heterocycles. The molecule has 1 aromatic rings. The molecule has 7 atom stereocenters. The van der Waals surface area contributed by atoms with Crippen LogP contribution in [0, 0.1) is 22.7 Å². The summed E-state index contributed by atoms with van der Waals surface area (Å²) < 4.78 is 25.4. The first-order valence-corrected chi connectivity index (χ1v) is 18.7. The van der Waals surface area contributed by atoms with Gasteiger partial charge in [-0.1, -0.05) is 52.8 Å². The summed E-state index contributed by atoms with van der Waals surface area (Å²) in [6.45, 7) is 19.2. The van der Waals surface area contributed by atoms with Gasteiger partial charge in [-0.25, -0.2) is 4.79 Å². The molecular weight excluding hydrogens is 546 g/mol. The molecule has 1 aromatic carbocycles. The molecule has 0 radical (unpaired) electrons. The fraction of sp³-hybridized carbons (Fsp3) is 0.706. The number of rotatable bonds is 8. The summed E-state index contributed by atoms with van der Waals surface area (Å²) in [5.41, 5.74) is 0.884. The van der Waals surface area contributed by atoms with Crippen molar-refractivity contribution in [3.8, 4) is 0 Å². The fourth-order valence-electron chi connectivity index (χ4n) is 8.36. The second kappa shape index (κ2) is 11.1. The Bertz CT molecular complexity index is 1210. The van der Waals surface area contributed by atoms with Crippen LogP contribution < -0.4 is 5.32 Å². The van der Waals surface area contributed by atoms with E-state index in [1.54, 1.807) is 0 Å². The van der Waals surface area contributed by atoms with Crippen molar-refractivity contribution < 1.29 is 28.2 Å². The summed E-state index contributed by atoms with van der Waals surface area (Å²) in [5, 5.41) is 3.76. The molecule has 4 aliphatic rings. The van der Waals surface area contributed by atoms with Gasteiger partial charge >= 0.3 is 11.9 Å². The number of cyclic esters (lactones) is 1. The van der Waals surface area contributed by atoms with Crippen molar-refractivity contribution in [3.05, 3.63) is 42.0 Å². The number of nitrogens with one attached hydrogen (secondary N) is 1. The van der Waals surface area contributed by atoms with Gasteiger partial charge in [0.1, 0.15) is 12.7 Å². The van der Waals surface area contributed by atoms with Crippen molar-refractivity contribution in [1.82, 2.24) is 0 Å². The van der Waals surface area contributed by atoms with E-state index >= 15 is 0 Å². The monoisotopic (exact) mass is 597 g/mol. The van der Waals surface area contributed by atoms with Crippen molar-refractivity contribution in [2.75, 3.05) is 25.1 Å². The molecule has 1 N–H and O–H groups in total. The highest BCUT2D eigenvalue weighted by atomic mass is 28.4. The largest absolute Gasteiger partial charge is 0.462 e. The van der Waals surface area contributed by atoms with Crippen LogP contribution in [0.1, 0.15) is 73.6 Å². The summed E-state index contributed by atoms with van der Waals surface area (Å²) in [4.78, 5) is 25.0. The lowest BCUT2D eigenvalue weighted by Gasteiger charge is -2.63. The molecule has 2 aliphatic carbocycles. The Hall–Kier alpha value is -2.16. The van der Waals surface area contributed by atoms with Gasteiger partial charge in [0, 0.05) is 31.2 Å². The van der Waals surface area contributed by atoms with Gasteiger partial charge in [0.25, 0.3) is 0 Å². The van der Waals surface area contributed by atoms with E-state index in [2.05, 4.69) is 65.2 Å². The van der Waals surface area contributed by atoms with E-state index in [-0.39, 0.29) is 51.9 Å². The van der Waals surface area contributed by atoms with Crippen molar-refractivity contribution in [2.45, 2.75) is 110 Å². The van der Waals surface area contributed by atoms with Crippen LogP contribution in [0.2, 0.25) is 18.1 Å². The standard InChI is InChI=1S/C34H51NO6Si/c1-23(36)40-29-15-17-32(5)27(33(29,6)22-39-42(7,8)31(2,3)4)14-18-34(21-35-24-12-10-9-11-13-24)28(32)20-26(41-34)25-16-19-38-30(25)37/h9-13,16,26-29,35H,14-15,17-22H2,1-8H3/t26-,27-,28-,29+,32+,33-,34+/m0/s1. The molecule has 2 saturated carbocycles. The normalized spacial score (nSPS) is 36.5. The number of hydrogen-bond acceptors (Lipinski definition) is 7. The summed E-state index contributed by atoms with van der Waals surface area (Å²) in [6, 6.07) is 10.3. The molecule has 8 heteroatoms. The highest BCUT2D eigenvalue weighted by Crippen LogP contribution is 2.67. The maximum absolute atomic E-state index is 12.7. The zero-order valence-corrected chi connectivity index (χ0v) is 27.9. The number of anilines is 1. The highest BCUT2D eigenvalue weighted by Gasteiger charge is 2.67. The number of benzene rings is 1. The number of para-hydroxylation sites is 1. The maximum Gasteiger partial charge on any atom is 0.336 e. The first-order valence-electron chi connectivity index (χ1n) is 15.8. The van der Waals surface area contributed by atoms with E-state index < -0.39 is 13.9 Å². The maximum atomic E-state index is 12.7. The summed E-state index contributed by atoms with van der Waals surface area (Å²) in [7, 11) is -2.05. The summed E-state index contributed by atoms with van der Waals surface area (Å²) >= 11 is 0. The minimum Gasteiger partial charge on any atom is -0.462 e. The summed E-state index contributed by atoms with van der Waals surface area (Å²) in [5.74, 6) is 0.00678. The Labute approximate surface area is 253 Å². The minimum absolute atomic E-state index is 0.0826. The molecule has 42 heavy (non-hydrogen) atoms. The average molecular weight is 598 g/mol. The van der Waals surface area contributed by atoms with Crippen molar-refractivity contribution >= 4 is 25.9 Å². The van der Waals surface area contributed by atoms with Crippen LogP contribution in [0.3, 0.4) is 0 Å². The van der Waals surface area contributed by atoms with Crippen molar-refractivity contribution in [3.63, 3.8) is 0 Å². The van der Waals surface area contributed by atoms with Crippen molar-refractivity contribution in [2.24, 2.45) is 22.7 Å². The van der Waals surface area contributed by atoms with Gasteiger partial charge in [0.15, 0.2) is 8.32 Å². The number of fused-ring (bicyclic) bond motifs is 3. The van der Waals surface area contributed by atoms with Crippen molar-refractivity contribution in [1.29, 1.82) is 0 Å². The van der Waals surface area contributed by atoms with Gasteiger partial charge in [0.2, 0.25) is 0 Å². The third kappa shape index (κ3) is 5.48. The molecule has 1 saturated heterocycles. The predicted molar refractivity (Wildman–Crippen MR) is 167 cm³/mol. The quantitative estimate of drug-likeness (QED) is 0.258. The van der Waals surface area contributed by atoms with E-state index in [0.717, 1.165) is 37.8 Å². The van der Waals surface area contributed by atoms with E-state index in [9.17, 15) is 9.59 Å². The first kappa shape index (κ1) is 31.3. The average Bonchev–Trinajstić information content (AvgIpc) is 3.52. The molecule has 0 aromatic heterocycles. The van der Waals surface area contributed by atoms with E-state index in [4.69, 9.17) is 18.6 Å². The van der Waals surface area contributed by atoms with Crippen LogP contribution in [0.4, 0.5) is 5.69 Å². The molecule has 3 fully saturated rings. The predicted octanol–water partition coefficient (Wildman–Crippen LogP) is 6.90. The van der Waals surface area contributed by atoms with Gasteiger partial charge in [-0.05, 0) is 85.7 Å². The highest BCUT2D eigenvalue weighted by molar-refractivity contribution is 6.74. The Morgan fingerprint density at radius 2 is 1.81 bits per heavy atom. The lowest BCUT2D eigenvalue weighted by atomic mass is 9.44. The van der Waals surface area contributed by atoms with Crippen LogP contribution in [-0.2, 0) is 28.2 Å². The minimum atomic E-state index is -2.05. The van der Waals surface area contributed by atoms with Crippen LogP contribution >= 0.6 is 0 Å². The Morgan fingerprint density at radius 1 is 1.10 bits per heavy atom. The molecular formula is C34H51NO6Si. The molecule has 5 rings (SSSR count). The van der Waals surface area contributed by atoms with Crippen LogP contribution in [-0.4, -0.2) is 57.8 Å². The summed E-state index contributed by atoms with van der Waals surface area (Å²) in [6.07, 6.45) is 5.73. The first-order chi connectivity index (χ1) is 19.6. The van der Waals surface area contributed by atoms with E-state index in [1.807, 2.05) is 24.3 Å². The number of hydrogen-bond donors (Lipinski definition) is 1. The smallest absolute Gasteiger partial charge is 0.336 e. The zero-order valence-electron chi connectivity index (χ0n) is 26.9. The second-order valence-corrected chi connectivity index (χ2v) is 20.0. The molecule has 0 spiro atoms. The molecule has 0 bridgehead atoms. The third-order valence-electron chi connectivity index (χ3n) is 11.7. The SMILES string of the molecule is CC(=O)O[C@@H]1CC[C@]2(C)[C@H](CC[C@]3(CNc4ccccc4)O[C@H](C4=CCOC4=O)C[C@H]32)[C@]1(C)CO[Si](C)(C)C(C)(C)C.